The second-order valence-corrected chi connectivity index (χ2v) is 6.21. The van der Waals surface area contributed by atoms with Crippen molar-refractivity contribution in [1.82, 2.24) is 0 Å². The van der Waals surface area contributed by atoms with E-state index in [1.807, 2.05) is 32.0 Å². The lowest BCUT2D eigenvalue weighted by atomic mass is 10.1. The van der Waals surface area contributed by atoms with Crippen LogP contribution in [0.4, 0.5) is 0 Å². The first-order valence-electron chi connectivity index (χ1n) is 6.54. The van der Waals surface area contributed by atoms with Gasteiger partial charge in [0.25, 0.3) is 0 Å². The SMILES string of the molecule is CCOc1cc(Br)c(C(Cl)c2ccoc2Br)cc1OCC. The molecule has 0 amide bonds. The molecule has 0 aliphatic carbocycles. The number of hydrogen-bond acceptors (Lipinski definition) is 3. The first kappa shape index (κ1) is 16.7. The van der Waals surface area contributed by atoms with Gasteiger partial charge in [-0.25, -0.2) is 0 Å². The summed E-state index contributed by atoms with van der Waals surface area (Å²) in [5.74, 6) is 1.38. The Morgan fingerprint density at radius 3 is 2.24 bits per heavy atom. The molecule has 114 valence electrons. The van der Waals surface area contributed by atoms with Crippen LogP contribution in [0.5, 0.6) is 11.5 Å². The molecule has 3 nitrogen and oxygen atoms in total. The van der Waals surface area contributed by atoms with Crippen LogP contribution < -0.4 is 9.47 Å². The molecule has 6 heteroatoms. The summed E-state index contributed by atoms with van der Waals surface area (Å²) in [6.45, 7) is 5.00. The fourth-order valence-corrected chi connectivity index (χ4v) is 3.57. The molecular formula is C15H15Br2ClO3. The van der Waals surface area contributed by atoms with Crippen LogP contribution in [0.1, 0.15) is 30.4 Å². The highest BCUT2D eigenvalue weighted by Gasteiger charge is 2.21. The summed E-state index contributed by atoms with van der Waals surface area (Å²) in [7, 11) is 0. The normalized spacial score (nSPS) is 12.2. The Morgan fingerprint density at radius 1 is 1.10 bits per heavy atom. The summed E-state index contributed by atoms with van der Waals surface area (Å²) in [5, 5.41) is -0.359. The molecule has 1 heterocycles. The maximum absolute atomic E-state index is 6.57. The Kier molecular flexibility index (Phi) is 6.02. The quantitative estimate of drug-likeness (QED) is 0.524. The van der Waals surface area contributed by atoms with E-state index < -0.39 is 0 Å². The molecule has 21 heavy (non-hydrogen) atoms. The van der Waals surface area contributed by atoms with Crippen LogP contribution in [-0.4, -0.2) is 13.2 Å². The third-order valence-corrected chi connectivity index (χ3v) is 4.66. The Morgan fingerprint density at radius 2 is 1.71 bits per heavy atom. The van der Waals surface area contributed by atoms with Crippen LogP contribution in [0.2, 0.25) is 0 Å². The van der Waals surface area contributed by atoms with Crippen LogP contribution in [0, 0.1) is 0 Å². The van der Waals surface area contributed by atoms with Crippen LogP contribution >= 0.6 is 43.5 Å². The number of benzene rings is 1. The minimum atomic E-state index is -0.359. The lowest BCUT2D eigenvalue weighted by molar-refractivity contribution is 0.287. The maximum atomic E-state index is 6.57. The van der Waals surface area contributed by atoms with Gasteiger partial charge in [0.15, 0.2) is 16.2 Å². The Balaban J connectivity index is 2.44. The number of furan rings is 1. The highest BCUT2D eigenvalue weighted by Crippen LogP contribution is 2.42. The molecule has 1 aromatic carbocycles. The molecule has 0 N–H and O–H groups in total. The van der Waals surface area contributed by atoms with E-state index in [1.54, 1.807) is 6.26 Å². The monoisotopic (exact) mass is 436 g/mol. The van der Waals surface area contributed by atoms with Gasteiger partial charge in [-0.2, -0.15) is 0 Å². The van der Waals surface area contributed by atoms with Crippen molar-refractivity contribution < 1.29 is 13.9 Å². The van der Waals surface area contributed by atoms with Gasteiger partial charge in [-0.1, -0.05) is 15.9 Å². The predicted molar refractivity (Wildman–Crippen MR) is 90.6 cm³/mol. The zero-order valence-corrected chi connectivity index (χ0v) is 15.6. The van der Waals surface area contributed by atoms with E-state index in [9.17, 15) is 0 Å². The van der Waals surface area contributed by atoms with Gasteiger partial charge in [0.1, 0.15) is 0 Å². The molecular weight excluding hydrogens is 423 g/mol. The minimum Gasteiger partial charge on any atom is -0.490 e. The summed E-state index contributed by atoms with van der Waals surface area (Å²) in [5.41, 5.74) is 1.76. The standard InChI is InChI=1S/C15H15Br2ClO3/c1-3-19-12-7-10(11(16)8-13(12)20-4-2)14(18)9-5-6-21-15(9)17/h5-8,14H,3-4H2,1-2H3. The largest absolute Gasteiger partial charge is 0.490 e. The summed E-state index contributed by atoms with van der Waals surface area (Å²) < 4.78 is 18.0. The van der Waals surface area contributed by atoms with E-state index in [0.29, 0.717) is 29.4 Å². The van der Waals surface area contributed by atoms with Crippen molar-refractivity contribution in [3.05, 3.63) is 44.7 Å². The second-order valence-electron chi connectivity index (χ2n) is 4.20. The smallest absolute Gasteiger partial charge is 0.173 e. The van der Waals surface area contributed by atoms with Gasteiger partial charge in [0.2, 0.25) is 0 Å². The lowest BCUT2D eigenvalue weighted by Crippen LogP contribution is -2.01. The van der Waals surface area contributed by atoms with Crippen molar-refractivity contribution in [3.63, 3.8) is 0 Å². The van der Waals surface area contributed by atoms with Crippen LogP contribution in [0.3, 0.4) is 0 Å². The molecule has 0 radical (unpaired) electrons. The van der Waals surface area contributed by atoms with Crippen molar-refractivity contribution in [1.29, 1.82) is 0 Å². The number of hydrogen-bond donors (Lipinski definition) is 0. The third kappa shape index (κ3) is 3.76. The Bertz CT molecular complexity index is 613. The van der Waals surface area contributed by atoms with Crippen molar-refractivity contribution >= 4 is 43.5 Å². The maximum Gasteiger partial charge on any atom is 0.173 e. The molecule has 0 spiro atoms. The van der Waals surface area contributed by atoms with Gasteiger partial charge in [-0.05, 0) is 53.5 Å². The van der Waals surface area contributed by atoms with Crippen LogP contribution in [0.15, 0.2) is 38.0 Å². The van der Waals surface area contributed by atoms with Crippen molar-refractivity contribution in [2.75, 3.05) is 13.2 Å². The molecule has 0 saturated carbocycles. The van der Waals surface area contributed by atoms with E-state index in [0.717, 1.165) is 15.6 Å². The summed E-state index contributed by atoms with van der Waals surface area (Å²) in [6.07, 6.45) is 1.60. The van der Waals surface area contributed by atoms with Gasteiger partial charge in [-0.15, -0.1) is 11.6 Å². The minimum absolute atomic E-state index is 0.359. The average Bonchev–Trinajstić information content (AvgIpc) is 2.87. The van der Waals surface area contributed by atoms with Gasteiger partial charge in [0, 0.05) is 10.0 Å². The summed E-state index contributed by atoms with van der Waals surface area (Å²) >= 11 is 13.5. The van der Waals surface area contributed by atoms with Gasteiger partial charge < -0.3 is 13.9 Å². The van der Waals surface area contributed by atoms with E-state index in [-0.39, 0.29) is 5.38 Å². The molecule has 0 saturated heterocycles. The van der Waals surface area contributed by atoms with E-state index >= 15 is 0 Å². The first-order chi connectivity index (χ1) is 10.1. The molecule has 0 aliphatic heterocycles. The van der Waals surface area contributed by atoms with Crippen molar-refractivity contribution in [2.45, 2.75) is 19.2 Å². The zero-order chi connectivity index (χ0) is 15.4. The number of ether oxygens (including phenoxy) is 2. The van der Waals surface area contributed by atoms with Crippen molar-refractivity contribution in [2.24, 2.45) is 0 Å². The molecule has 2 rings (SSSR count). The number of rotatable bonds is 6. The highest BCUT2D eigenvalue weighted by molar-refractivity contribution is 9.10. The molecule has 1 atom stereocenters. The van der Waals surface area contributed by atoms with Gasteiger partial charge >= 0.3 is 0 Å². The Hall–Kier alpha value is -0.650. The molecule has 1 unspecified atom stereocenters. The summed E-state index contributed by atoms with van der Waals surface area (Å²) in [6, 6.07) is 5.62. The second kappa shape index (κ2) is 7.56. The average molecular weight is 439 g/mol. The lowest BCUT2D eigenvalue weighted by Gasteiger charge is -2.16. The van der Waals surface area contributed by atoms with E-state index in [4.69, 9.17) is 25.5 Å². The molecule has 0 aliphatic rings. The highest BCUT2D eigenvalue weighted by atomic mass is 79.9. The fourth-order valence-electron chi connectivity index (χ4n) is 1.93. The zero-order valence-electron chi connectivity index (χ0n) is 11.7. The summed E-state index contributed by atoms with van der Waals surface area (Å²) in [4.78, 5) is 0. The van der Waals surface area contributed by atoms with E-state index in [2.05, 4.69) is 31.9 Å². The fraction of sp³-hybridized carbons (Fsp3) is 0.333. The van der Waals surface area contributed by atoms with E-state index in [1.165, 1.54) is 0 Å². The predicted octanol–water partition coefficient (Wildman–Crippen LogP) is 5.93. The number of halogens is 3. The molecule has 0 bridgehead atoms. The molecule has 1 aromatic heterocycles. The Labute approximate surface area is 145 Å². The van der Waals surface area contributed by atoms with Gasteiger partial charge in [0.05, 0.1) is 24.9 Å². The third-order valence-electron chi connectivity index (χ3n) is 2.85. The molecule has 2 aromatic rings. The van der Waals surface area contributed by atoms with Crippen molar-refractivity contribution in [3.8, 4) is 11.5 Å². The van der Waals surface area contributed by atoms with Crippen LogP contribution in [0.25, 0.3) is 0 Å². The van der Waals surface area contributed by atoms with Crippen LogP contribution in [-0.2, 0) is 0 Å². The first-order valence-corrected chi connectivity index (χ1v) is 8.56. The topological polar surface area (TPSA) is 31.6 Å². The molecule has 0 fully saturated rings. The van der Waals surface area contributed by atoms with Gasteiger partial charge in [-0.3, -0.25) is 0 Å². The number of alkyl halides is 1.